The van der Waals surface area contributed by atoms with Gasteiger partial charge in [-0.3, -0.25) is 24.3 Å². The molecule has 0 bridgehead atoms. The van der Waals surface area contributed by atoms with Crippen LogP contribution in [-0.4, -0.2) is 132 Å². The number of unbranched alkanes of at least 4 members (excludes halogenated alkanes) is 1. The van der Waals surface area contributed by atoms with E-state index in [9.17, 15) is 0 Å². The number of hydrogen-bond donors (Lipinski definition) is 0. The molecule has 1 aliphatic rings. The van der Waals surface area contributed by atoms with Crippen LogP contribution in [0.3, 0.4) is 0 Å². The molecule has 0 aromatic carbocycles. The minimum atomic E-state index is -1.44. The highest BCUT2D eigenvalue weighted by molar-refractivity contribution is 4.94. The zero-order chi connectivity index (χ0) is 23.3. The molecular formula is C18H42N6O6. The van der Waals surface area contributed by atoms with Crippen molar-refractivity contribution >= 4 is 0 Å². The highest BCUT2D eigenvalue weighted by atomic mass is 16.9. The van der Waals surface area contributed by atoms with Crippen molar-refractivity contribution in [2.24, 2.45) is 0 Å². The van der Waals surface area contributed by atoms with Gasteiger partial charge >= 0.3 is 0 Å². The van der Waals surface area contributed by atoms with Crippen LogP contribution in [0, 0.1) is 0 Å². The van der Waals surface area contributed by atoms with Crippen molar-refractivity contribution in [2.75, 3.05) is 84.4 Å². The number of rotatable bonds is 12. The molecule has 1 fully saturated rings. The van der Waals surface area contributed by atoms with E-state index in [1.165, 1.54) is 36.5 Å². The third-order valence-electron chi connectivity index (χ3n) is 5.47. The molecule has 0 spiro atoms. The Morgan fingerprint density at radius 1 is 0.600 bits per heavy atom. The molecule has 12 nitrogen and oxygen atoms in total. The van der Waals surface area contributed by atoms with Crippen molar-refractivity contribution in [1.29, 1.82) is 0 Å². The van der Waals surface area contributed by atoms with Crippen molar-refractivity contribution in [3.05, 3.63) is 0 Å². The summed E-state index contributed by atoms with van der Waals surface area (Å²) in [6, 6.07) is 0. The monoisotopic (exact) mass is 438 g/mol. The van der Waals surface area contributed by atoms with Gasteiger partial charge in [0.15, 0.2) is 0 Å². The van der Waals surface area contributed by atoms with Gasteiger partial charge in [0.1, 0.15) is 0 Å². The predicted molar refractivity (Wildman–Crippen MR) is 111 cm³/mol. The van der Waals surface area contributed by atoms with Crippen molar-refractivity contribution in [2.45, 2.75) is 37.7 Å². The fourth-order valence-electron chi connectivity index (χ4n) is 4.13. The SMILES string of the molecule is CCCCN(C)C1(OC)N(OC)C(OC)(N(C)C)N(OC)C(OC)(N(C)C)N1OC. The standard InChI is InChI=1S/C18H42N6O6/c1-13-14-15-21(6)18(27-9)23(29-11)16(25-7,19(2)3)22(28-10)17(26-8,20(4)5)24(18)30-12/h13-15H2,1-12H3. The number of hydrogen-bond acceptors (Lipinski definition) is 12. The smallest absolute Gasteiger partial charge is 0.297 e. The Balaban J connectivity index is 4.06. The van der Waals surface area contributed by atoms with Crippen LogP contribution >= 0.6 is 0 Å². The summed E-state index contributed by atoms with van der Waals surface area (Å²) in [5.41, 5.74) is 0. The first-order valence-corrected chi connectivity index (χ1v) is 9.88. The average Bonchev–Trinajstić information content (AvgIpc) is 2.73. The molecule has 2 atom stereocenters. The number of hydroxylamine groups is 6. The van der Waals surface area contributed by atoms with Crippen LogP contribution in [0.2, 0.25) is 0 Å². The zero-order valence-corrected chi connectivity index (χ0v) is 20.8. The van der Waals surface area contributed by atoms with Gasteiger partial charge in [0, 0.05) is 27.9 Å². The second-order valence-electron chi connectivity index (χ2n) is 7.33. The van der Waals surface area contributed by atoms with Gasteiger partial charge in [-0.25, -0.2) is 4.90 Å². The van der Waals surface area contributed by atoms with E-state index in [0.717, 1.165) is 12.8 Å². The summed E-state index contributed by atoms with van der Waals surface area (Å²) in [6.45, 7) is 2.80. The van der Waals surface area contributed by atoms with E-state index in [1.807, 2.05) is 40.1 Å². The van der Waals surface area contributed by atoms with Crippen molar-refractivity contribution in [3.8, 4) is 0 Å². The maximum Gasteiger partial charge on any atom is 0.297 e. The lowest BCUT2D eigenvalue weighted by molar-refractivity contribution is -0.667. The molecule has 1 aliphatic heterocycles. The van der Waals surface area contributed by atoms with Gasteiger partial charge in [-0.1, -0.05) is 28.5 Å². The van der Waals surface area contributed by atoms with E-state index in [0.29, 0.717) is 6.54 Å². The molecule has 2 unspecified atom stereocenters. The molecule has 0 radical (unpaired) electrons. The molecule has 1 heterocycles. The van der Waals surface area contributed by atoms with Gasteiger partial charge in [-0.15, -0.1) is 0 Å². The van der Waals surface area contributed by atoms with Gasteiger partial charge in [0.05, 0.1) is 21.3 Å². The average molecular weight is 439 g/mol. The maximum atomic E-state index is 6.18. The lowest BCUT2D eigenvalue weighted by atomic mass is 10.2. The lowest BCUT2D eigenvalue weighted by Crippen LogP contribution is -2.94. The number of nitrogens with zero attached hydrogens (tertiary/aromatic N) is 6. The third kappa shape index (κ3) is 3.68. The Hall–Kier alpha value is -0.480. The Morgan fingerprint density at radius 3 is 1.17 bits per heavy atom. The second-order valence-corrected chi connectivity index (χ2v) is 7.33. The summed E-state index contributed by atoms with van der Waals surface area (Å²) in [7, 11) is 18.6. The van der Waals surface area contributed by atoms with Gasteiger partial charge < -0.3 is 14.2 Å². The molecule has 0 aromatic heterocycles. The van der Waals surface area contributed by atoms with Gasteiger partial charge in [0.25, 0.3) is 17.9 Å². The van der Waals surface area contributed by atoms with Crippen LogP contribution in [0.25, 0.3) is 0 Å². The van der Waals surface area contributed by atoms with E-state index in [1.54, 1.807) is 31.1 Å². The molecule has 1 rings (SSSR count). The van der Waals surface area contributed by atoms with Crippen LogP contribution in [0.1, 0.15) is 19.8 Å². The minimum absolute atomic E-state index is 0.678. The van der Waals surface area contributed by atoms with Crippen LogP contribution in [0.5, 0.6) is 0 Å². The first-order valence-electron chi connectivity index (χ1n) is 9.88. The summed E-state index contributed by atoms with van der Waals surface area (Å²) < 4.78 is 18.4. The fraction of sp³-hybridized carbons (Fsp3) is 1.00. The normalized spacial score (nSPS) is 32.1. The Morgan fingerprint density at radius 2 is 0.933 bits per heavy atom. The Labute approximate surface area is 181 Å². The molecule has 0 aromatic rings. The molecule has 30 heavy (non-hydrogen) atoms. The number of methoxy groups -OCH3 is 3. The molecule has 1 saturated heterocycles. The van der Waals surface area contributed by atoms with Gasteiger partial charge in [-0.05, 0) is 41.7 Å². The van der Waals surface area contributed by atoms with E-state index in [-0.39, 0.29) is 0 Å². The molecule has 0 amide bonds. The quantitative estimate of drug-likeness (QED) is 0.391. The molecule has 180 valence electrons. The highest BCUT2D eigenvalue weighted by Crippen LogP contribution is 2.49. The summed E-state index contributed by atoms with van der Waals surface area (Å²) >= 11 is 0. The molecular weight excluding hydrogens is 396 g/mol. The predicted octanol–water partition coefficient (Wildman–Crippen LogP) is 0.218. The Bertz CT molecular complexity index is 497. The maximum absolute atomic E-state index is 6.18. The van der Waals surface area contributed by atoms with E-state index >= 15 is 0 Å². The number of ether oxygens (including phenoxy) is 3. The summed E-state index contributed by atoms with van der Waals surface area (Å²) in [6.07, 6.45) is 1.93. The van der Waals surface area contributed by atoms with Crippen molar-refractivity contribution < 1.29 is 28.7 Å². The largest absolute Gasteiger partial charge is 0.334 e. The molecule has 0 N–H and O–H groups in total. The van der Waals surface area contributed by atoms with Crippen molar-refractivity contribution in [1.82, 2.24) is 29.9 Å². The first kappa shape index (κ1) is 27.6. The van der Waals surface area contributed by atoms with Crippen LogP contribution in [0.4, 0.5) is 0 Å². The fourth-order valence-corrected chi connectivity index (χ4v) is 4.13. The summed E-state index contributed by atoms with van der Waals surface area (Å²) in [5.74, 6) is -4.29. The third-order valence-corrected chi connectivity index (χ3v) is 5.47. The van der Waals surface area contributed by atoms with Gasteiger partial charge in [-0.2, -0.15) is 0 Å². The van der Waals surface area contributed by atoms with E-state index in [4.69, 9.17) is 28.7 Å². The van der Waals surface area contributed by atoms with Gasteiger partial charge in [0.2, 0.25) is 0 Å². The molecule has 12 heteroatoms. The zero-order valence-electron chi connectivity index (χ0n) is 20.8. The molecule has 0 saturated carbocycles. The van der Waals surface area contributed by atoms with Crippen LogP contribution in [-0.2, 0) is 28.7 Å². The lowest BCUT2D eigenvalue weighted by Gasteiger charge is -2.68. The Kier molecular flexibility index (Phi) is 10.0. The van der Waals surface area contributed by atoms with E-state index < -0.39 is 17.9 Å². The highest BCUT2D eigenvalue weighted by Gasteiger charge is 2.76. The van der Waals surface area contributed by atoms with E-state index in [2.05, 4.69) is 6.92 Å². The van der Waals surface area contributed by atoms with Crippen LogP contribution < -0.4 is 0 Å². The first-order chi connectivity index (χ1) is 14.1. The summed E-state index contributed by atoms with van der Waals surface area (Å²) in [5, 5.41) is 4.56. The van der Waals surface area contributed by atoms with Crippen molar-refractivity contribution in [3.63, 3.8) is 0 Å². The van der Waals surface area contributed by atoms with Crippen LogP contribution in [0.15, 0.2) is 0 Å². The minimum Gasteiger partial charge on any atom is -0.334 e. The topological polar surface area (TPSA) is 74.8 Å². The summed E-state index contributed by atoms with van der Waals surface area (Å²) in [4.78, 5) is 23.3. The molecule has 0 aliphatic carbocycles. The second kappa shape index (κ2) is 10.9.